The van der Waals surface area contributed by atoms with E-state index in [4.69, 9.17) is 0 Å². The van der Waals surface area contributed by atoms with Crippen molar-refractivity contribution in [1.82, 2.24) is 19.7 Å². The van der Waals surface area contributed by atoms with Gasteiger partial charge in [-0.3, -0.25) is 10.1 Å². The summed E-state index contributed by atoms with van der Waals surface area (Å²) in [6.07, 6.45) is 3.14. The summed E-state index contributed by atoms with van der Waals surface area (Å²) >= 11 is 1.51. The number of rotatable bonds is 2. The maximum Gasteiger partial charge on any atom is 0.271 e. The Morgan fingerprint density at radius 2 is 2.14 bits per heavy atom. The van der Waals surface area contributed by atoms with Gasteiger partial charge in [-0.25, -0.2) is 14.6 Å². The molecule has 0 unspecified atom stereocenters. The van der Waals surface area contributed by atoms with E-state index < -0.39 is 4.92 Å². The topological polar surface area (TPSA) is 86.7 Å². The molecule has 21 heavy (non-hydrogen) atoms. The molecule has 0 radical (unpaired) electrons. The third kappa shape index (κ3) is 1.77. The fourth-order valence-electron chi connectivity index (χ4n) is 2.23. The normalized spacial score (nSPS) is 11.2. The fourth-order valence-corrected chi connectivity index (χ4v) is 2.96. The Labute approximate surface area is 121 Å². The summed E-state index contributed by atoms with van der Waals surface area (Å²) in [6.45, 7) is 0. The molecule has 0 saturated carbocycles. The summed E-state index contributed by atoms with van der Waals surface area (Å²) < 4.78 is 1.61. The molecule has 4 aromatic rings. The molecule has 0 N–H and O–H groups in total. The average Bonchev–Trinajstić information content (AvgIpc) is 3.12. The van der Waals surface area contributed by atoms with Crippen LogP contribution in [0, 0.1) is 10.1 Å². The van der Waals surface area contributed by atoms with Crippen molar-refractivity contribution >= 4 is 38.1 Å². The number of thiophene rings is 1. The van der Waals surface area contributed by atoms with Gasteiger partial charge in [-0.15, -0.1) is 11.3 Å². The Hall–Kier alpha value is -2.87. The van der Waals surface area contributed by atoms with Crippen molar-refractivity contribution in [2.45, 2.75) is 0 Å². The number of non-ortho nitro benzene ring substituents is 1. The SMILES string of the molecule is O=[N+]([O-])c1ccc2cnn(-c3ncnc4sccc34)c2c1. The van der Waals surface area contributed by atoms with E-state index in [-0.39, 0.29) is 5.69 Å². The monoisotopic (exact) mass is 297 g/mol. The van der Waals surface area contributed by atoms with Crippen molar-refractivity contribution in [1.29, 1.82) is 0 Å². The highest BCUT2D eigenvalue weighted by molar-refractivity contribution is 7.16. The minimum Gasteiger partial charge on any atom is -0.258 e. The van der Waals surface area contributed by atoms with Gasteiger partial charge in [0.15, 0.2) is 5.82 Å². The molecule has 4 rings (SSSR count). The van der Waals surface area contributed by atoms with Crippen LogP contribution in [0.3, 0.4) is 0 Å². The lowest BCUT2D eigenvalue weighted by Gasteiger charge is -2.03. The van der Waals surface area contributed by atoms with Gasteiger partial charge in [-0.1, -0.05) is 0 Å². The summed E-state index contributed by atoms with van der Waals surface area (Å²) in [7, 11) is 0. The van der Waals surface area contributed by atoms with Crippen molar-refractivity contribution in [3.05, 3.63) is 52.3 Å². The van der Waals surface area contributed by atoms with Crippen molar-refractivity contribution in [3.63, 3.8) is 0 Å². The van der Waals surface area contributed by atoms with E-state index in [1.165, 1.54) is 29.8 Å². The van der Waals surface area contributed by atoms with Crippen LogP contribution in [-0.2, 0) is 0 Å². The highest BCUT2D eigenvalue weighted by Gasteiger charge is 2.14. The van der Waals surface area contributed by atoms with Gasteiger partial charge in [0, 0.05) is 17.5 Å². The second-order valence-electron chi connectivity index (χ2n) is 4.39. The molecule has 0 aliphatic rings. The summed E-state index contributed by atoms with van der Waals surface area (Å²) in [5, 5.41) is 18.9. The van der Waals surface area contributed by atoms with Crippen LogP contribution < -0.4 is 0 Å². The largest absolute Gasteiger partial charge is 0.271 e. The van der Waals surface area contributed by atoms with Gasteiger partial charge < -0.3 is 0 Å². The van der Waals surface area contributed by atoms with Crippen LogP contribution in [0.15, 0.2) is 42.2 Å². The average molecular weight is 297 g/mol. The first-order valence-electron chi connectivity index (χ1n) is 6.05. The molecule has 0 amide bonds. The molecule has 0 aliphatic carbocycles. The van der Waals surface area contributed by atoms with Gasteiger partial charge in [0.1, 0.15) is 11.2 Å². The first-order valence-corrected chi connectivity index (χ1v) is 6.93. The molecule has 3 aromatic heterocycles. The van der Waals surface area contributed by atoms with E-state index in [2.05, 4.69) is 15.1 Å². The van der Waals surface area contributed by atoms with Crippen LogP contribution in [-0.4, -0.2) is 24.7 Å². The minimum absolute atomic E-state index is 0.0277. The number of nitro groups is 1. The van der Waals surface area contributed by atoms with Gasteiger partial charge in [0.2, 0.25) is 0 Å². The standard InChI is InChI=1S/C13H7N5O2S/c19-18(20)9-2-1-8-6-16-17(11(8)5-9)12-10-3-4-21-13(10)15-7-14-12/h1-7H. The molecule has 0 saturated heterocycles. The smallest absolute Gasteiger partial charge is 0.258 e. The number of aromatic nitrogens is 4. The van der Waals surface area contributed by atoms with Crippen molar-refractivity contribution in [3.8, 4) is 5.82 Å². The molecule has 7 nitrogen and oxygen atoms in total. The van der Waals surface area contributed by atoms with Crippen molar-refractivity contribution < 1.29 is 4.92 Å². The van der Waals surface area contributed by atoms with E-state index in [0.29, 0.717) is 11.3 Å². The molecule has 0 spiro atoms. The highest BCUT2D eigenvalue weighted by Crippen LogP contribution is 2.27. The zero-order chi connectivity index (χ0) is 14.4. The molecule has 3 heterocycles. The van der Waals surface area contributed by atoms with Gasteiger partial charge in [-0.2, -0.15) is 5.10 Å². The molecule has 0 bridgehead atoms. The number of nitro benzene ring substituents is 1. The number of benzene rings is 1. The van der Waals surface area contributed by atoms with E-state index in [9.17, 15) is 10.1 Å². The molecule has 1 aromatic carbocycles. The molecule has 102 valence electrons. The van der Waals surface area contributed by atoms with Crippen LogP contribution in [0.25, 0.3) is 26.9 Å². The van der Waals surface area contributed by atoms with Crippen LogP contribution in [0.5, 0.6) is 0 Å². The minimum atomic E-state index is -0.420. The molecular weight excluding hydrogens is 290 g/mol. The Morgan fingerprint density at radius 1 is 1.24 bits per heavy atom. The predicted octanol–water partition coefficient (Wildman–Crippen LogP) is 2.94. The maximum absolute atomic E-state index is 10.9. The number of hydrogen-bond donors (Lipinski definition) is 0. The van der Waals surface area contributed by atoms with Gasteiger partial charge >= 0.3 is 0 Å². The van der Waals surface area contributed by atoms with E-state index in [1.807, 2.05) is 11.4 Å². The highest BCUT2D eigenvalue weighted by atomic mass is 32.1. The number of hydrogen-bond acceptors (Lipinski definition) is 6. The third-order valence-electron chi connectivity index (χ3n) is 3.21. The van der Waals surface area contributed by atoms with Crippen LogP contribution in [0.4, 0.5) is 5.69 Å². The fraction of sp³-hybridized carbons (Fsp3) is 0. The number of nitrogens with zero attached hydrogens (tertiary/aromatic N) is 5. The molecule has 0 fully saturated rings. The van der Waals surface area contributed by atoms with E-state index >= 15 is 0 Å². The first kappa shape index (κ1) is 11.9. The second-order valence-corrected chi connectivity index (χ2v) is 5.29. The zero-order valence-electron chi connectivity index (χ0n) is 10.5. The molecular formula is C13H7N5O2S. The first-order chi connectivity index (χ1) is 10.2. The Morgan fingerprint density at radius 3 is 3.00 bits per heavy atom. The third-order valence-corrected chi connectivity index (χ3v) is 4.03. The van der Waals surface area contributed by atoms with Crippen LogP contribution in [0.2, 0.25) is 0 Å². The maximum atomic E-state index is 10.9. The summed E-state index contributed by atoms with van der Waals surface area (Å²) in [5.41, 5.74) is 0.676. The predicted molar refractivity (Wildman–Crippen MR) is 78.7 cm³/mol. The second kappa shape index (κ2) is 4.32. The lowest BCUT2D eigenvalue weighted by atomic mass is 10.2. The summed E-state index contributed by atoms with van der Waals surface area (Å²) in [6, 6.07) is 6.57. The summed E-state index contributed by atoms with van der Waals surface area (Å²) in [4.78, 5) is 19.8. The van der Waals surface area contributed by atoms with Crippen molar-refractivity contribution in [2.24, 2.45) is 0 Å². The van der Waals surface area contributed by atoms with E-state index in [0.717, 1.165) is 15.6 Å². The van der Waals surface area contributed by atoms with E-state index in [1.54, 1.807) is 16.9 Å². The van der Waals surface area contributed by atoms with Crippen molar-refractivity contribution in [2.75, 3.05) is 0 Å². The van der Waals surface area contributed by atoms with Crippen LogP contribution >= 0.6 is 11.3 Å². The Kier molecular flexibility index (Phi) is 2.45. The quantitative estimate of drug-likeness (QED) is 0.419. The Bertz CT molecular complexity index is 990. The van der Waals surface area contributed by atoms with Gasteiger partial charge in [0.25, 0.3) is 5.69 Å². The molecule has 8 heteroatoms. The lowest BCUT2D eigenvalue weighted by Crippen LogP contribution is -2.00. The number of fused-ring (bicyclic) bond motifs is 2. The lowest BCUT2D eigenvalue weighted by molar-refractivity contribution is -0.384. The van der Waals surface area contributed by atoms with Gasteiger partial charge in [-0.05, 0) is 17.5 Å². The zero-order valence-corrected chi connectivity index (χ0v) is 11.3. The Balaban J connectivity index is 2.04. The molecule has 0 aliphatic heterocycles. The van der Waals surface area contributed by atoms with Gasteiger partial charge in [0.05, 0.1) is 22.0 Å². The molecule has 0 atom stereocenters. The van der Waals surface area contributed by atoms with Crippen LogP contribution in [0.1, 0.15) is 0 Å². The summed E-state index contributed by atoms with van der Waals surface area (Å²) in [5.74, 6) is 0.622.